The molecule has 0 spiro atoms. The quantitative estimate of drug-likeness (QED) is 0.524. The van der Waals surface area contributed by atoms with E-state index in [4.69, 9.17) is 15.2 Å². The molecule has 32 heavy (non-hydrogen) atoms. The van der Waals surface area contributed by atoms with Crippen LogP contribution in [-0.2, 0) is 19.9 Å². The lowest BCUT2D eigenvalue weighted by Gasteiger charge is -2.16. The number of hydrogen-bond acceptors (Lipinski definition) is 5. The molecule has 8 nitrogen and oxygen atoms in total. The minimum Gasteiger partial charge on any atom is -0.493 e. The van der Waals surface area contributed by atoms with Gasteiger partial charge in [0.05, 0.1) is 30.5 Å². The van der Waals surface area contributed by atoms with E-state index in [0.29, 0.717) is 43.0 Å². The number of aromatic nitrogens is 4. The monoisotopic (exact) mass is 433 g/mol. The first-order valence-electron chi connectivity index (χ1n) is 10.4. The molecule has 2 N–H and O–H groups in total. The molecule has 0 aliphatic carbocycles. The number of imidazole rings is 1. The normalized spacial score (nSPS) is 17.0. The van der Waals surface area contributed by atoms with Crippen molar-refractivity contribution in [3.05, 3.63) is 65.0 Å². The lowest BCUT2D eigenvalue weighted by Crippen LogP contribution is -2.13. The molecular weight excluding hydrogens is 413 g/mol. The predicted molar refractivity (Wildman–Crippen MR) is 113 cm³/mol. The van der Waals surface area contributed by atoms with Gasteiger partial charge in [0.25, 0.3) is 5.91 Å². The van der Waals surface area contributed by atoms with Gasteiger partial charge < -0.3 is 15.2 Å². The minimum absolute atomic E-state index is 0.0542. The van der Waals surface area contributed by atoms with E-state index in [9.17, 15) is 9.18 Å². The maximum absolute atomic E-state index is 14.8. The number of benzene rings is 1. The third-order valence-corrected chi connectivity index (χ3v) is 6.31. The van der Waals surface area contributed by atoms with Gasteiger partial charge in [0.15, 0.2) is 0 Å². The number of nitrogens with zero attached hydrogens (tertiary/aromatic N) is 4. The van der Waals surface area contributed by atoms with Gasteiger partial charge in [0, 0.05) is 30.6 Å². The number of hydrogen-bond donors (Lipinski definition) is 1. The SMILES string of the molecule is Cn1nccc1-c1cc2c(n3cc(C(N)=O)nc13)CCc1c(F)ccc3c1[C@H](CO3)CO2. The fraction of sp³-hybridized carbons (Fsp3) is 0.261. The molecule has 0 bridgehead atoms. The molecule has 0 unspecified atom stereocenters. The van der Waals surface area contributed by atoms with Gasteiger partial charge >= 0.3 is 0 Å². The van der Waals surface area contributed by atoms with Crippen LogP contribution in [0.5, 0.6) is 11.5 Å². The summed E-state index contributed by atoms with van der Waals surface area (Å²) in [5.74, 6) is 0.467. The van der Waals surface area contributed by atoms with Crippen LogP contribution in [0.15, 0.2) is 36.7 Å². The van der Waals surface area contributed by atoms with Gasteiger partial charge in [0.2, 0.25) is 0 Å². The number of ether oxygens (including phenoxy) is 2. The fourth-order valence-corrected chi connectivity index (χ4v) is 4.77. The molecule has 9 heteroatoms. The summed E-state index contributed by atoms with van der Waals surface area (Å²) < 4.78 is 30.5. The zero-order valence-corrected chi connectivity index (χ0v) is 17.3. The number of carbonyl (C=O) groups is 1. The number of primary amides is 1. The Bertz CT molecular complexity index is 1410. The Balaban J connectivity index is 1.57. The van der Waals surface area contributed by atoms with E-state index in [1.807, 2.05) is 23.6 Å². The zero-order chi connectivity index (χ0) is 22.0. The van der Waals surface area contributed by atoms with Gasteiger partial charge in [-0.3, -0.25) is 13.9 Å². The van der Waals surface area contributed by atoms with Gasteiger partial charge in [0.1, 0.15) is 28.7 Å². The molecule has 3 aromatic heterocycles. The smallest absolute Gasteiger partial charge is 0.268 e. The van der Waals surface area contributed by atoms with Crippen LogP contribution in [0.2, 0.25) is 0 Å². The van der Waals surface area contributed by atoms with E-state index in [1.54, 1.807) is 23.1 Å². The molecule has 1 amide bonds. The topological polar surface area (TPSA) is 96.7 Å². The van der Waals surface area contributed by atoms with Crippen molar-refractivity contribution in [1.82, 2.24) is 19.2 Å². The van der Waals surface area contributed by atoms with Crippen molar-refractivity contribution in [1.29, 1.82) is 0 Å². The number of rotatable bonds is 2. The van der Waals surface area contributed by atoms with Crippen LogP contribution in [0.4, 0.5) is 4.39 Å². The van der Waals surface area contributed by atoms with Crippen LogP contribution in [0.3, 0.4) is 0 Å². The molecule has 0 radical (unpaired) electrons. The predicted octanol–water partition coefficient (Wildman–Crippen LogP) is 2.63. The third kappa shape index (κ3) is 2.70. The molecule has 5 heterocycles. The number of aryl methyl sites for hydroxylation is 2. The first-order valence-corrected chi connectivity index (χ1v) is 10.4. The number of amides is 1. The zero-order valence-electron chi connectivity index (χ0n) is 17.3. The van der Waals surface area contributed by atoms with Crippen LogP contribution in [0, 0.1) is 5.82 Å². The highest BCUT2D eigenvalue weighted by Gasteiger charge is 2.32. The lowest BCUT2D eigenvalue weighted by molar-refractivity contribution is 0.0996. The summed E-state index contributed by atoms with van der Waals surface area (Å²) >= 11 is 0. The van der Waals surface area contributed by atoms with Gasteiger partial charge in [-0.05, 0) is 42.7 Å². The molecule has 162 valence electrons. The van der Waals surface area contributed by atoms with Crippen molar-refractivity contribution in [2.45, 2.75) is 18.8 Å². The van der Waals surface area contributed by atoms with E-state index < -0.39 is 5.91 Å². The maximum Gasteiger partial charge on any atom is 0.268 e. The molecule has 0 saturated heterocycles. The Labute approximate surface area is 182 Å². The average molecular weight is 433 g/mol. The highest BCUT2D eigenvalue weighted by atomic mass is 19.1. The number of nitrogens with two attached hydrogens (primary N) is 1. The molecule has 4 aromatic rings. The molecule has 2 aliphatic heterocycles. The van der Waals surface area contributed by atoms with Crippen molar-refractivity contribution in [2.75, 3.05) is 13.2 Å². The Morgan fingerprint density at radius 3 is 2.75 bits per heavy atom. The van der Waals surface area contributed by atoms with Crippen molar-refractivity contribution < 1.29 is 18.7 Å². The van der Waals surface area contributed by atoms with Crippen molar-refractivity contribution >= 4 is 11.6 Å². The Hall–Kier alpha value is -3.88. The van der Waals surface area contributed by atoms with E-state index in [1.165, 1.54) is 6.07 Å². The summed E-state index contributed by atoms with van der Waals surface area (Å²) in [7, 11) is 1.84. The van der Waals surface area contributed by atoms with Gasteiger partial charge in [-0.2, -0.15) is 5.10 Å². The molecule has 2 aliphatic rings. The number of halogens is 1. The summed E-state index contributed by atoms with van der Waals surface area (Å²) in [6.45, 7) is 0.805. The standard InChI is InChI=1S/C23H20FN5O3/c1-28-17(6-7-26-28)14-8-20-18(29-9-16(22(25)30)27-23(14)29)4-2-13-15(24)3-5-19-21(13)12(10-31-19)11-32-20/h3,5-9,12H,2,4,10-11H2,1H3,(H2,25,30)/t12-/m1/s1. The van der Waals surface area contributed by atoms with E-state index in [-0.39, 0.29) is 17.4 Å². The second kappa shape index (κ2) is 6.81. The number of carbonyl (C=O) groups excluding carboxylic acids is 1. The van der Waals surface area contributed by atoms with Crippen molar-refractivity contribution in [3.8, 4) is 22.8 Å². The summed E-state index contributed by atoms with van der Waals surface area (Å²) in [4.78, 5) is 16.4. The Morgan fingerprint density at radius 1 is 1.19 bits per heavy atom. The number of pyridine rings is 1. The molecule has 1 atom stereocenters. The molecular formula is C23H20FN5O3. The summed E-state index contributed by atoms with van der Waals surface area (Å²) in [6.07, 6.45) is 4.28. The number of fused-ring (bicyclic) bond motifs is 3. The molecule has 6 rings (SSSR count). The highest BCUT2D eigenvalue weighted by molar-refractivity contribution is 5.92. The van der Waals surface area contributed by atoms with E-state index in [2.05, 4.69) is 10.1 Å². The molecule has 0 saturated carbocycles. The maximum atomic E-state index is 14.8. The average Bonchev–Trinajstić information content (AvgIpc) is 3.49. The summed E-state index contributed by atoms with van der Waals surface area (Å²) in [5.41, 5.74) is 10.2. The Morgan fingerprint density at radius 2 is 2.00 bits per heavy atom. The van der Waals surface area contributed by atoms with Crippen LogP contribution < -0.4 is 15.2 Å². The van der Waals surface area contributed by atoms with Crippen LogP contribution in [-0.4, -0.2) is 38.3 Å². The van der Waals surface area contributed by atoms with Crippen LogP contribution >= 0.6 is 0 Å². The van der Waals surface area contributed by atoms with Gasteiger partial charge in [-0.25, -0.2) is 9.37 Å². The minimum atomic E-state index is -0.616. The molecule has 0 fully saturated rings. The highest BCUT2D eigenvalue weighted by Crippen LogP contribution is 2.41. The van der Waals surface area contributed by atoms with Crippen molar-refractivity contribution in [3.63, 3.8) is 0 Å². The lowest BCUT2D eigenvalue weighted by atomic mass is 9.93. The molecule has 1 aromatic carbocycles. The van der Waals surface area contributed by atoms with E-state index >= 15 is 0 Å². The largest absolute Gasteiger partial charge is 0.493 e. The van der Waals surface area contributed by atoms with Gasteiger partial charge in [-0.1, -0.05) is 0 Å². The van der Waals surface area contributed by atoms with Crippen LogP contribution in [0.1, 0.15) is 33.2 Å². The Kier molecular flexibility index (Phi) is 4.01. The first-order chi connectivity index (χ1) is 15.5. The van der Waals surface area contributed by atoms with Crippen LogP contribution in [0.25, 0.3) is 16.9 Å². The fourth-order valence-electron chi connectivity index (χ4n) is 4.77. The van der Waals surface area contributed by atoms with E-state index in [0.717, 1.165) is 28.3 Å². The second-order valence-electron chi connectivity index (χ2n) is 8.15. The van der Waals surface area contributed by atoms with Crippen molar-refractivity contribution in [2.24, 2.45) is 12.8 Å². The third-order valence-electron chi connectivity index (χ3n) is 6.31. The summed E-state index contributed by atoms with van der Waals surface area (Å²) in [5, 5.41) is 4.26. The first kappa shape index (κ1) is 18.9. The van der Waals surface area contributed by atoms with Gasteiger partial charge in [-0.15, -0.1) is 0 Å². The summed E-state index contributed by atoms with van der Waals surface area (Å²) in [6, 6.07) is 6.94. The second-order valence-corrected chi connectivity index (χ2v) is 8.15.